The molecule has 0 saturated heterocycles. The summed E-state index contributed by atoms with van der Waals surface area (Å²) in [7, 11) is -3.78. The number of esters is 1. The molecular weight excluding hydrogens is 266 g/mol. The summed E-state index contributed by atoms with van der Waals surface area (Å²) in [5, 5.41) is -1.24. The van der Waals surface area contributed by atoms with Gasteiger partial charge in [-0.2, -0.15) is 0 Å². The van der Waals surface area contributed by atoms with Crippen molar-refractivity contribution in [2.75, 3.05) is 6.61 Å². The highest BCUT2D eigenvalue weighted by Crippen LogP contribution is 2.19. The first-order chi connectivity index (χ1) is 9.04. The number of ether oxygens (including phenoxy) is 1. The number of carbonyl (C=O) groups is 1. The van der Waals surface area contributed by atoms with Crippen LogP contribution in [0.5, 0.6) is 0 Å². The summed E-state index contributed by atoms with van der Waals surface area (Å²) in [6, 6.07) is 4.61. The highest BCUT2D eigenvalue weighted by atomic mass is 32.2. The van der Waals surface area contributed by atoms with Crippen LogP contribution in [0.1, 0.15) is 33.1 Å². The molecule has 0 aliphatic heterocycles. The Hall–Kier alpha value is -1.43. The molecule has 0 aliphatic rings. The minimum absolute atomic E-state index is 0.0795. The molecule has 1 aromatic heterocycles. The van der Waals surface area contributed by atoms with E-state index in [0.29, 0.717) is 6.42 Å². The van der Waals surface area contributed by atoms with E-state index in [1.165, 1.54) is 12.3 Å². The molecule has 106 valence electrons. The third-order valence-electron chi connectivity index (χ3n) is 2.67. The number of hydrogen-bond acceptors (Lipinski definition) is 5. The lowest BCUT2D eigenvalue weighted by Gasteiger charge is -2.15. The molecule has 5 nitrogen and oxygen atoms in total. The number of sulfone groups is 1. The quantitative estimate of drug-likeness (QED) is 0.716. The minimum atomic E-state index is -3.78. The summed E-state index contributed by atoms with van der Waals surface area (Å²) in [6.45, 7) is 3.76. The molecular formula is C13H19NO4S. The van der Waals surface area contributed by atoms with E-state index >= 15 is 0 Å². The SMILES string of the molecule is CCCCC(C(=O)OCC)S(=O)(=O)c1ccccn1. The Kier molecular flexibility index (Phi) is 5.95. The number of carbonyl (C=O) groups excluding carboxylic acids is 1. The van der Waals surface area contributed by atoms with Crippen molar-refractivity contribution in [2.24, 2.45) is 0 Å². The van der Waals surface area contributed by atoms with Crippen molar-refractivity contribution in [3.05, 3.63) is 24.4 Å². The number of aromatic nitrogens is 1. The van der Waals surface area contributed by atoms with Crippen molar-refractivity contribution >= 4 is 15.8 Å². The van der Waals surface area contributed by atoms with Gasteiger partial charge in [0.15, 0.2) is 10.3 Å². The van der Waals surface area contributed by atoms with Gasteiger partial charge in [0.1, 0.15) is 0 Å². The van der Waals surface area contributed by atoms with E-state index in [4.69, 9.17) is 4.74 Å². The van der Waals surface area contributed by atoms with Crippen LogP contribution in [0.4, 0.5) is 0 Å². The maximum absolute atomic E-state index is 12.4. The molecule has 1 heterocycles. The van der Waals surface area contributed by atoms with Crippen molar-refractivity contribution in [3.63, 3.8) is 0 Å². The monoisotopic (exact) mass is 285 g/mol. The molecule has 1 aromatic rings. The van der Waals surface area contributed by atoms with Crippen molar-refractivity contribution < 1.29 is 17.9 Å². The van der Waals surface area contributed by atoms with Crippen LogP contribution in [0, 0.1) is 0 Å². The summed E-state index contributed by atoms with van der Waals surface area (Å²) >= 11 is 0. The second kappa shape index (κ2) is 7.23. The Balaban J connectivity index is 3.05. The van der Waals surface area contributed by atoms with Crippen LogP contribution in [0.25, 0.3) is 0 Å². The van der Waals surface area contributed by atoms with E-state index in [-0.39, 0.29) is 18.1 Å². The Morgan fingerprint density at radius 2 is 2.11 bits per heavy atom. The second-order valence-electron chi connectivity index (χ2n) is 4.10. The first-order valence-corrected chi connectivity index (χ1v) is 7.90. The smallest absolute Gasteiger partial charge is 0.324 e. The van der Waals surface area contributed by atoms with E-state index < -0.39 is 21.1 Å². The Morgan fingerprint density at radius 3 is 2.63 bits per heavy atom. The highest BCUT2D eigenvalue weighted by molar-refractivity contribution is 7.92. The van der Waals surface area contributed by atoms with Gasteiger partial charge < -0.3 is 4.74 Å². The second-order valence-corrected chi connectivity index (χ2v) is 6.17. The number of hydrogen-bond donors (Lipinski definition) is 0. The van der Waals surface area contributed by atoms with Crippen LogP contribution >= 0.6 is 0 Å². The van der Waals surface area contributed by atoms with Crippen molar-refractivity contribution in [2.45, 2.75) is 43.4 Å². The first kappa shape index (κ1) is 15.6. The molecule has 0 amide bonds. The van der Waals surface area contributed by atoms with Crippen LogP contribution in [-0.4, -0.2) is 31.2 Å². The van der Waals surface area contributed by atoms with Crippen LogP contribution in [-0.2, 0) is 19.4 Å². The molecule has 1 atom stereocenters. The predicted molar refractivity (Wildman–Crippen MR) is 71.4 cm³/mol. The lowest BCUT2D eigenvalue weighted by atomic mass is 10.2. The first-order valence-electron chi connectivity index (χ1n) is 6.35. The van der Waals surface area contributed by atoms with Gasteiger partial charge in [-0.15, -0.1) is 0 Å². The fraction of sp³-hybridized carbons (Fsp3) is 0.538. The fourth-order valence-corrected chi connectivity index (χ4v) is 3.25. The molecule has 19 heavy (non-hydrogen) atoms. The number of unbranched alkanes of at least 4 members (excludes halogenated alkanes) is 1. The van der Waals surface area contributed by atoms with E-state index in [1.54, 1.807) is 19.1 Å². The van der Waals surface area contributed by atoms with Gasteiger partial charge >= 0.3 is 5.97 Å². The highest BCUT2D eigenvalue weighted by Gasteiger charge is 2.35. The summed E-state index contributed by atoms with van der Waals surface area (Å²) in [5.74, 6) is -0.693. The average molecular weight is 285 g/mol. The van der Waals surface area contributed by atoms with Gasteiger partial charge in [0.25, 0.3) is 0 Å². The van der Waals surface area contributed by atoms with Crippen LogP contribution in [0.3, 0.4) is 0 Å². The maximum Gasteiger partial charge on any atom is 0.324 e. The van der Waals surface area contributed by atoms with E-state index in [1.807, 2.05) is 6.92 Å². The molecule has 1 unspecified atom stereocenters. The molecule has 6 heteroatoms. The topological polar surface area (TPSA) is 73.3 Å². The predicted octanol–water partition coefficient (Wildman–Crippen LogP) is 1.98. The number of nitrogens with zero attached hydrogens (tertiary/aromatic N) is 1. The molecule has 0 fully saturated rings. The molecule has 0 aliphatic carbocycles. The van der Waals surface area contributed by atoms with Crippen molar-refractivity contribution in [1.82, 2.24) is 4.98 Å². The zero-order valence-corrected chi connectivity index (χ0v) is 12.0. The summed E-state index contributed by atoms with van der Waals surface area (Å²) in [6.07, 6.45) is 3.12. The standard InChI is InChI=1S/C13H19NO4S/c1-3-5-8-11(13(15)18-4-2)19(16,17)12-9-6-7-10-14-12/h6-7,9-11H,3-5,8H2,1-2H3. The van der Waals surface area contributed by atoms with Gasteiger partial charge in [0.2, 0.25) is 9.84 Å². The summed E-state index contributed by atoms with van der Waals surface area (Å²) in [4.78, 5) is 15.7. The van der Waals surface area contributed by atoms with Gasteiger partial charge in [0.05, 0.1) is 6.61 Å². The number of pyridine rings is 1. The average Bonchev–Trinajstić information content (AvgIpc) is 2.40. The zero-order valence-electron chi connectivity index (χ0n) is 11.2. The van der Waals surface area contributed by atoms with Gasteiger partial charge in [-0.25, -0.2) is 13.4 Å². The molecule has 1 rings (SSSR count). The lowest BCUT2D eigenvalue weighted by Crippen LogP contribution is -2.32. The minimum Gasteiger partial charge on any atom is -0.465 e. The summed E-state index contributed by atoms with van der Waals surface area (Å²) in [5.41, 5.74) is 0. The molecule has 0 aromatic carbocycles. The molecule has 0 spiro atoms. The Morgan fingerprint density at radius 1 is 1.37 bits per heavy atom. The van der Waals surface area contributed by atoms with E-state index in [0.717, 1.165) is 6.42 Å². The third kappa shape index (κ3) is 4.02. The van der Waals surface area contributed by atoms with Gasteiger partial charge in [0, 0.05) is 6.20 Å². The van der Waals surface area contributed by atoms with E-state index in [2.05, 4.69) is 4.98 Å². The largest absolute Gasteiger partial charge is 0.465 e. The third-order valence-corrected chi connectivity index (χ3v) is 4.67. The van der Waals surface area contributed by atoms with Crippen molar-refractivity contribution in [3.8, 4) is 0 Å². The van der Waals surface area contributed by atoms with Crippen LogP contribution in [0.15, 0.2) is 29.4 Å². The normalized spacial score (nSPS) is 12.9. The maximum atomic E-state index is 12.4. The Bertz CT molecular complexity index is 499. The van der Waals surface area contributed by atoms with Crippen LogP contribution < -0.4 is 0 Å². The summed E-state index contributed by atoms with van der Waals surface area (Å²) < 4.78 is 29.6. The molecule has 0 saturated carbocycles. The molecule has 0 N–H and O–H groups in total. The molecule has 0 bridgehead atoms. The van der Waals surface area contributed by atoms with Gasteiger partial charge in [-0.3, -0.25) is 4.79 Å². The van der Waals surface area contributed by atoms with E-state index in [9.17, 15) is 13.2 Å². The lowest BCUT2D eigenvalue weighted by molar-refractivity contribution is -0.142. The number of rotatable bonds is 7. The van der Waals surface area contributed by atoms with Crippen LogP contribution in [0.2, 0.25) is 0 Å². The van der Waals surface area contributed by atoms with Gasteiger partial charge in [-0.1, -0.05) is 25.8 Å². The van der Waals surface area contributed by atoms with Gasteiger partial charge in [-0.05, 0) is 25.5 Å². The molecule has 0 radical (unpaired) electrons. The van der Waals surface area contributed by atoms with Crippen molar-refractivity contribution in [1.29, 1.82) is 0 Å². The zero-order chi connectivity index (χ0) is 14.3. The fourth-order valence-electron chi connectivity index (χ4n) is 1.69. The Labute approximate surface area is 113 Å².